The van der Waals surface area contributed by atoms with Gasteiger partial charge in [0.2, 0.25) is 0 Å². The highest BCUT2D eigenvalue weighted by atomic mass is 19.2. The summed E-state index contributed by atoms with van der Waals surface area (Å²) in [5.41, 5.74) is 7.73. The summed E-state index contributed by atoms with van der Waals surface area (Å²) in [6.07, 6.45) is 0. The van der Waals surface area contributed by atoms with Gasteiger partial charge in [0, 0.05) is 44.5 Å². The first-order valence-corrected chi connectivity index (χ1v) is 19.4. The molecule has 284 valence electrons. The Morgan fingerprint density at radius 1 is 0.475 bits per heavy atom. The third-order valence-electron chi connectivity index (χ3n) is 11.5. The van der Waals surface area contributed by atoms with Crippen LogP contribution in [0.5, 0.6) is 0 Å². The minimum absolute atomic E-state index is 0.0396. The molecule has 0 saturated heterocycles. The molecule has 0 atom stereocenters. The van der Waals surface area contributed by atoms with Crippen LogP contribution in [0.15, 0.2) is 170 Å². The number of hydrogen-bond donors (Lipinski definition) is 0. The van der Waals surface area contributed by atoms with Crippen LogP contribution in [0.1, 0.15) is 36.1 Å². The van der Waals surface area contributed by atoms with Gasteiger partial charge >= 0.3 is 0 Å². The van der Waals surface area contributed by atoms with Crippen molar-refractivity contribution < 1.29 is 17.6 Å². The Labute approximate surface area is 339 Å². The minimum atomic E-state index is -1.54. The van der Waals surface area contributed by atoms with E-state index in [1.54, 1.807) is 24.3 Å². The van der Waals surface area contributed by atoms with Crippen LogP contribution < -0.4 is 4.90 Å². The molecule has 0 fully saturated rings. The molecule has 10 rings (SSSR count). The Morgan fingerprint density at radius 2 is 1.03 bits per heavy atom. The Kier molecular flexibility index (Phi) is 8.50. The number of rotatable bonds is 5. The lowest BCUT2D eigenvalue weighted by molar-refractivity contribution is 0.455. The van der Waals surface area contributed by atoms with Crippen molar-refractivity contribution in [2.75, 3.05) is 4.90 Å². The molecule has 0 bridgehead atoms. The fourth-order valence-corrected chi connectivity index (χ4v) is 8.63. The second-order valence-electron chi connectivity index (χ2n) is 15.3. The largest absolute Gasteiger partial charge is 0.311 e. The number of hydrogen-bond acceptors (Lipinski definition) is 1. The van der Waals surface area contributed by atoms with Crippen molar-refractivity contribution in [3.8, 4) is 39.8 Å². The van der Waals surface area contributed by atoms with E-state index in [0.717, 1.165) is 66.8 Å². The Balaban J connectivity index is 1.01. The van der Waals surface area contributed by atoms with Crippen molar-refractivity contribution in [3.63, 3.8) is 0 Å². The van der Waals surface area contributed by atoms with E-state index in [-0.39, 0.29) is 5.56 Å². The highest BCUT2D eigenvalue weighted by Crippen LogP contribution is 2.52. The molecule has 0 radical (unpaired) electrons. The second-order valence-corrected chi connectivity index (χ2v) is 15.3. The van der Waals surface area contributed by atoms with Gasteiger partial charge in [-0.2, -0.15) is 0 Å². The monoisotopic (exact) mass is 774 g/mol. The van der Waals surface area contributed by atoms with Gasteiger partial charge in [0.15, 0.2) is 23.3 Å². The summed E-state index contributed by atoms with van der Waals surface area (Å²) in [6.45, 7) is 4.12. The number of anilines is 3. The summed E-state index contributed by atoms with van der Waals surface area (Å²) in [6, 6.07) is 54.5. The molecule has 6 heteroatoms. The molecule has 0 unspecified atom stereocenters. The van der Waals surface area contributed by atoms with E-state index in [1.165, 1.54) is 6.07 Å². The van der Waals surface area contributed by atoms with E-state index in [4.69, 9.17) is 0 Å². The van der Waals surface area contributed by atoms with Gasteiger partial charge in [0.1, 0.15) is 5.56 Å². The molecule has 1 aliphatic rings. The molecule has 0 amide bonds. The molecule has 1 heterocycles. The first kappa shape index (κ1) is 36.0. The molecule has 9 aromatic rings. The zero-order valence-corrected chi connectivity index (χ0v) is 32.1. The molecule has 1 aromatic heterocycles. The van der Waals surface area contributed by atoms with E-state index in [0.29, 0.717) is 5.56 Å². The van der Waals surface area contributed by atoms with Gasteiger partial charge in [-0.3, -0.25) is 0 Å². The average Bonchev–Trinajstić information content (AvgIpc) is 3.71. The smallest absolute Gasteiger partial charge is 0.178 e. The van der Waals surface area contributed by atoms with Crippen molar-refractivity contribution in [1.29, 1.82) is 0 Å². The van der Waals surface area contributed by atoms with Crippen LogP contribution in [0.25, 0.3) is 49.7 Å². The summed E-state index contributed by atoms with van der Waals surface area (Å²) in [5.74, 6) is -0.974. The lowest BCUT2D eigenvalue weighted by Gasteiger charge is -2.25. The maximum absolute atomic E-state index is 16.0. The maximum Gasteiger partial charge on any atom is 0.178 e. The molecular formula is C53H34F4N2. The zero-order chi connectivity index (χ0) is 40.4. The predicted molar refractivity (Wildman–Crippen MR) is 231 cm³/mol. The molecule has 0 spiro atoms. The fraction of sp³-hybridized carbons (Fsp3) is 0.0566. The topological polar surface area (TPSA) is 8.17 Å². The standard InChI is InChI=1S/C53H34F4N2/c1-53(2)44-30-34(25-29-39(44)42-32-47-43(31-45(42)53)40-20-12-13-21-46(40)59(47)37-18-10-5-11-19-37)48-51(56)49(54)41(50(55)52(48)57)28-24-33-22-26-38(27-23-33)58(35-14-6-3-7-15-35)36-16-8-4-9-17-36/h3-23,25-27,29-32H,1-2H3. The molecule has 2 nitrogen and oxygen atoms in total. The minimum Gasteiger partial charge on any atom is -0.311 e. The van der Waals surface area contributed by atoms with Crippen LogP contribution in [0.2, 0.25) is 0 Å². The van der Waals surface area contributed by atoms with Gasteiger partial charge in [-0.1, -0.05) is 111 Å². The van der Waals surface area contributed by atoms with Crippen molar-refractivity contribution in [2.45, 2.75) is 19.3 Å². The van der Waals surface area contributed by atoms with Crippen molar-refractivity contribution in [3.05, 3.63) is 215 Å². The van der Waals surface area contributed by atoms with Crippen molar-refractivity contribution in [1.82, 2.24) is 4.57 Å². The van der Waals surface area contributed by atoms with E-state index >= 15 is 17.6 Å². The third-order valence-corrected chi connectivity index (χ3v) is 11.5. The predicted octanol–water partition coefficient (Wildman–Crippen LogP) is 14.2. The van der Waals surface area contributed by atoms with Gasteiger partial charge in [-0.25, -0.2) is 17.6 Å². The first-order chi connectivity index (χ1) is 28.7. The maximum atomic E-state index is 16.0. The first-order valence-electron chi connectivity index (χ1n) is 19.4. The molecule has 8 aromatic carbocycles. The zero-order valence-electron chi connectivity index (χ0n) is 32.1. The average molecular weight is 775 g/mol. The third kappa shape index (κ3) is 5.81. The molecule has 59 heavy (non-hydrogen) atoms. The number of nitrogens with zero attached hydrogens (tertiary/aromatic N) is 2. The lowest BCUT2D eigenvalue weighted by Crippen LogP contribution is -2.15. The van der Waals surface area contributed by atoms with Gasteiger partial charge in [-0.15, -0.1) is 0 Å². The van der Waals surface area contributed by atoms with Crippen LogP contribution in [0.4, 0.5) is 34.6 Å². The fourth-order valence-electron chi connectivity index (χ4n) is 8.63. The van der Waals surface area contributed by atoms with Crippen LogP contribution in [0.3, 0.4) is 0 Å². The van der Waals surface area contributed by atoms with Crippen molar-refractivity contribution >= 4 is 38.9 Å². The number of aromatic nitrogens is 1. The van der Waals surface area contributed by atoms with Gasteiger partial charge in [0.05, 0.1) is 16.6 Å². The van der Waals surface area contributed by atoms with Gasteiger partial charge in [-0.05, 0) is 113 Å². The molecular weight excluding hydrogens is 741 g/mol. The van der Waals surface area contributed by atoms with Crippen LogP contribution in [0, 0.1) is 35.1 Å². The Bertz CT molecular complexity index is 3090. The van der Waals surface area contributed by atoms with Gasteiger partial charge < -0.3 is 9.47 Å². The van der Waals surface area contributed by atoms with E-state index in [1.807, 2.05) is 103 Å². The second kappa shape index (κ2) is 13.9. The SMILES string of the molecule is CC1(C)c2cc(-c3c(F)c(F)c(C#Cc4ccc(N(c5ccccc5)c5ccccc5)cc4)c(F)c3F)ccc2-c2cc3c(cc21)c1ccccc1n3-c1ccccc1. The summed E-state index contributed by atoms with van der Waals surface area (Å²) < 4.78 is 65.9. The number of fused-ring (bicyclic) bond motifs is 6. The molecule has 0 aliphatic heterocycles. The van der Waals surface area contributed by atoms with Gasteiger partial charge in [0.25, 0.3) is 0 Å². The van der Waals surface area contributed by atoms with Crippen LogP contribution in [-0.4, -0.2) is 4.57 Å². The van der Waals surface area contributed by atoms with Crippen LogP contribution in [-0.2, 0) is 5.41 Å². The summed E-state index contributed by atoms with van der Waals surface area (Å²) in [4.78, 5) is 2.06. The van der Waals surface area contributed by atoms with E-state index in [9.17, 15) is 0 Å². The lowest BCUT2D eigenvalue weighted by atomic mass is 9.81. The highest BCUT2D eigenvalue weighted by molar-refractivity contribution is 6.11. The highest BCUT2D eigenvalue weighted by Gasteiger charge is 2.37. The summed E-state index contributed by atoms with van der Waals surface area (Å²) >= 11 is 0. The van der Waals surface area contributed by atoms with Crippen molar-refractivity contribution in [2.24, 2.45) is 0 Å². The molecule has 1 aliphatic carbocycles. The van der Waals surface area contributed by atoms with E-state index < -0.39 is 39.8 Å². The molecule has 0 saturated carbocycles. The summed E-state index contributed by atoms with van der Waals surface area (Å²) in [7, 11) is 0. The van der Waals surface area contributed by atoms with Crippen LogP contribution >= 0.6 is 0 Å². The number of para-hydroxylation sites is 4. The number of halogens is 4. The Hall–Kier alpha value is -7.36. The summed E-state index contributed by atoms with van der Waals surface area (Å²) in [5, 5.41) is 2.19. The quantitative estimate of drug-likeness (QED) is 0.0960. The molecule has 0 N–H and O–H groups in total. The van der Waals surface area contributed by atoms with E-state index in [2.05, 4.69) is 71.6 Å². The number of benzene rings is 8. The Morgan fingerprint density at radius 3 is 1.68 bits per heavy atom. The normalized spacial score (nSPS) is 12.6.